The first-order chi connectivity index (χ1) is 6.63. The molecule has 0 saturated heterocycles. The van der Waals surface area contributed by atoms with Crippen molar-refractivity contribution in [3.63, 3.8) is 0 Å². The Hall–Kier alpha value is -0.400. The van der Waals surface area contributed by atoms with E-state index < -0.39 is 16.1 Å². The summed E-state index contributed by atoms with van der Waals surface area (Å²) >= 11 is 0. The van der Waals surface area contributed by atoms with Gasteiger partial charge in [0.05, 0.1) is 0 Å². The second-order valence-electron chi connectivity index (χ2n) is 1.29. The maximum Gasteiger partial charge on any atom is 0.189 e. The molecule has 0 aliphatic rings. The molecule has 0 aliphatic carbocycles. The minimum absolute atomic E-state index is 0.0288. The highest BCUT2D eigenvalue weighted by Crippen LogP contribution is 2.20. The lowest BCUT2D eigenvalue weighted by atomic mass is 11.0. The van der Waals surface area contributed by atoms with Crippen molar-refractivity contribution in [1.82, 2.24) is 0 Å². The third kappa shape index (κ3) is 61.6. The zero-order valence-corrected chi connectivity index (χ0v) is 10.4. The maximum atomic E-state index is 9.86. The van der Waals surface area contributed by atoms with Crippen LogP contribution in [0.25, 0.3) is 0 Å². The summed E-state index contributed by atoms with van der Waals surface area (Å²) in [4.78, 5) is 16.2. The molecular weight excluding hydrogens is 222 g/mol. The van der Waals surface area contributed by atoms with E-state index in [0.29, 0.717) is 0 Å². The average molecular weight is 242 g/mol. The van der Waals surface area contributed by atoms with E-state index in [-0.39, 0.29) is 12.3 Å². The normalized spacial score (nSPS) is 11.0. The molecule has 2 N–H and O–H groups in total. The zero-order chi connectivity index (χ0) is 12.6. The zero-order valence-electron chi connectivity index (χ0n) is 8.37. The fourth-order valence-corrected chi connectivity index (χ4v) is 1.92. The minimum atomic E-state index is -2.51. The van der Waals surface area contributed by atoms with Crippen LogP contribution in [-0.4, -0.2) is 22.1 Å². The summed E-state index contributed by atoms with van der Waals surface area (Å²) in [6.45, 7) is 18.0. The molecule has 0 spiro atoms. The van der Waals surface area contributed by atoms with Gasteiger partial charge in [0.2, 0.25) is 0 Å². The van der Waals surface area contributed by atoms with Crippen molar-refractivity contribution in [1.29, 1.82) is 0 Å². The van der Waals surface area contributed by atoms with Crippen LogP contribution in [0, 0.1) is 0 Å². The molecule has 0 aromatic heterocycles. The fourth-order valence-electron chi connectivity index (χ4n) is 0.214. The van der Waals surface area contributed by atoms with Gasteiger partial charge < -0.3 is 9.79 Å². The molecule has 86 valence electrons. The maximum absolute atomic E-state index is 9.86. The van der Waals surface area contributed by atoms with E-state index in [2.05, 4.69) is 39.5 Å². The lowest BCUT2D eigenvalue weighted by Gasteiger charge is -1.88. The Balaban J connectivity index is -0.0000000708. The highest BCUT2D eigenvalue weighted by molar-refractivity contribution is 7.42. The first-order valence-electron chi connectivity index (χ1n) is 3.56. The molecule has 0 amide bonds. The Bertz CT molecular complexity index is 132. The quantitative estimate of drug-likeness (QED) is 0.588. The second kappa shape index (κ2) is 29.4. The SMILES string of the molecule is C=C.C=C.C=C.O=[PH](O)CC[PH](=O)O. The van der Waals surface area contributed by atoms with E-state index >= 15 is 0 Å². The Morgan fingerprint density at radius 2 is 0.857 bits per heavy atom. The lowest BCUT2D eigenvalue weighted by Crippen LogP contribution is -1.79. The molecule has 14 heavy (non-hydrogen) atoms. The monoisotopic (exact) mass is 242 g/mol. The molecule has 0 heterocycles. The second-order valence-corrected chi connectivity index (χ2v) is 3.86. The Labute approximate surface area is 87.4 Å². The minimum Gasteiger partial charge on any atom is -0.346 e. The van der Waals surface area contributed by atoms with Crippen molar-refractivity contribution in [2.45, 2.75) is 0 Å². The molecule has 0 aromatic rings. The average Bonchev–Trinajstić information content (AvgIpc) is 2.24. The van der Waals surface area contributed by atoms with Gasteiger partial charge in [0, 0.05) is 12.3 Å². The van der Waals surface area contributed by atoms with Crippen molar-refractivity contribution >= 4 is 16.1 Å². The number of hydrogen-bond acceptors (Lipinski definition) is 2. The first-order valence-corrected chi connectivity index (χ1v) is 6.69. The number of hydrogen-bond donors (Lipinski definition) is 2. The topological polar surface area (TPSA) is 74.6 Å². The van der Waals surface area contributed by atoms with Crippen molar-refractivity contribution in [2.75, 3.05) is 12.3 Å². The van der Waals surface area contributed by atoms with Crippen LogP contribution < -0.4 is 0 Å². The molecule has 4 nitrogen and oxygen atoms in total. The summed E-state index contributed by atoms with van der Waals surface area (Å²) in [5, 5.41) is 0. The molecule has 2 atom stereocenters. The van der Waals surface area contributed by atoms with Crippen LogP contribution in [-0.2, 0) is 9.13 Å². The Kier molecular flexibility index (Phi) is 49.1. The van der Waals surface area contributed by atoms with Gasteiger partial charge in [-0.2, -0.15) is 0 Å². The first kappa shape index (κ1) is 23.4. The van der Waals surface area contributed by atoms with E-state index in [1.54, 1.807) is 0 Å². The van der Waals surface area contributed by atoms with Gasteiger partial charge in [-0.15, -0.1) is 39.5 Å². The van der Waals surface area contributed by atoms with Gasteiger partial charge in [0.1, 0.15) is 0 Å². The van der Waals surface area contributed by atoms with Crippen molar-refractivity contribution < 1.29 is 18.9 Å². The molecular formula is C8H20O4P2. The van der Waals surface area contributed by atoms with Gasteiger partial charge in [0.25, 0.3) is 0 Å². The van der Waals surface area contributed by atoms with Crippen LogP contribution >= 0.6 is 16.1 Å². The highest BCUT2D eigenvalue weighted by Gasteiger charge is 1.95. The van der Waals surface area contributed by atoms with Crippen LogP contribution in [0.1, 0.15) is 0 Å². The molecule has 0 saturated carbocycles. The van der Waals surface area contributed by atoms with Crippen molar-refractivity contribution in [2.24, 2.45) is 0 Å². The third-order valence-corrected chi connectivity index (χ3v) is 2.41. The van der Waals surface area contributed by atoms with Gasteiger partial charge in [-0.1, -0.05) is 0 Å². The highest BCUT2D eigenvalue weighted by atomic mass is 31.1. The van der Waals surface area contributed by atoms with Crippen molar-refractivity contribution in [3.8, 4) is 0 Å². The van der Waals surface area contributed by atoms with Gasteiger partial charge in [0.15, 0.2) is 16.1 Å². The van der Waals surface area contributed by atoms with E-state index in [0.717, 1.165) is 0 Å². The van der Waals surface area contributed by atoms with Crippen LogP contribution in [0.5, 0.6) is 0 Å². The largest absolute Gasteiger partial charge is 0.346 e. The lowest BCUT2D eigenvalue weighted by molar-refractivity contribution is 0.494. The predicted molar refractivity (Wildman–Crippen MR) is 65.9 cm³/mol. The van der Waals surface area contributed by atoms with E-state index in [1.807, 2.05) is 0 Å². The Morgan fingerprint density at radius 3 is 0.929 bits per heavy atom. The van der Waals surface area contributed by atoms with Crippen molar-refractivity contribution in [3.05, 3.63) is 39.5 Å². The fraction of sp³-hybridized carbons (Fsp3) is 0.250. The summed E-state index contributed by atoms with van der Waals surface area (Å²) in [7, 11) is -5.03. The standard InChI is InChI=1S/C2H8O4P2.3C2H4/c3-7(4)1-2-8(5)6;3*1-2/h7-8H,1-2H2,(H,3,4)(H,5,6);3*1-2H2. The summed E-state index contributed by atoms with van der Waals surface area (Å²) in [6, 6.07) is 0. The molecule has 0 rings (SSSR count). The van der Waals surface area contributed by atoms with Crippen LogP contribution in [0.4, 0.5) is 0 Å². The van der Waals surface area contributed by atoms with Gasteiger partial charge in [-0.05, 0) is 0 Å². The van der Waals surface area contributed by atoms with Crippen LogP contribution in [0.2, 0.25) is 0 Å². The summed E-state index contributed by atoms with van der Waals surface area (Å²) in [5.41, 5.74) is 0. The Morgan fingerprint density at radius 1 is 0.714 bits per heavy atom. The van der Waals surface area contributed by atoms with Gasteiger partial charge >= 0.3 is 0 Å². The predicted octanol–water partition coefficient (Wildman–Crippen LogP) is 2.33. The smallest absolute Gasteiger partial charge is 0.189 e. The molecule has 0 aromatic carbocycles. The number of rotatable bonds is 3. The summed E-state index contributed by atoms with van der Waals surface area (Å²) in [5.74, 6) is 0. The molecule has 0 fully saturated rings. The molecule has 0 aliphatic heterocycles. The van der Waals surface area contributed by atoms with Crippen LogP contribution in [0.3, 0.4) is 0 Å². The van der Waals surface area contributed by atoms with Gasteiger partial charge in [-0.3, -0.25) is 9.13 Å². The summed E-state index contributed by atoms with van der Waals surface area (Å²) < 4.78 is 19.7. The summed E-state index contributed by atoms with van der Waals surface area (Å²) in [6.07, 6.45) is -0.0576. The van der Waals surface area contributed by atoms with Crippen LogP contribution in [0.15, 0.2) is 39.5 Å². The molecule has 6 heteroatoms. The third-order valence-electron chi connectivity index (χ3n) is 0.553. The molecule has 0 bridgehead atoms. The van der Waals surface area contributed by atoms with Gasteiger partial charge in [-0.25, -0.2) is 0 Å². The van der Waals surface area contributed by atoms with E-state index in [4.69, 9.17) is 9.79 Å². The van der Waals surface area contributed by atoms with E-state index in [9.17, 15) is 9.13 Å². The molecule has 0 radical (unpaired) electrons. The van der Waals surface area contributed by atoms with E-state index in [1.165, 1.54) is 0 Å². The molecule has 2 unspecified atom stereocenters.